The molecular weight excluding hydrogens is 288 g/mol. The number of para-hydroxylation sites is 1. The number of hydrogen-bond acceptors (Lipinski definition) is 6. The molecule has 0 spiro atoms. The SMILES string of the molecule is CC(C)NC[C@@H](O)Cc1cccc2c1OC[C@@H](O[N+](=O)[O-])C2. The molecule has 2 rings (SSSR count). The van der Waals surface area contributed by atoms with E-state index in [4.69, 9.17) is 4.74 Å². The minimum atomic E-state index is -0.787. The molecule has 7 nitrogen and oxygen atoms in total. The second kappa shape index (κ2) is 7.42. The van der Waals surface area contributed by atoms with Crippen LogP contribution < -0.4 is 10.1 Å². The van der Waals surface area contributed by atoms with E-state index in [9.17, 15) is 15.2 Å². The summed E-state index contributed by atoms with van der Waals surface area (Å²) in [5.74, 6) is 0.717. The second-order valence-corrected chi connectivity index (χ2v) is 5.79. The first-order valence-corrected chi connectivity index (χ1v) is 7.42. The fourth-order valence-electron chi connectivity index (χ4n) is 2.51. The van der Waals surface area contributed by atoms with E-state index in [1.807, 2.05) is 32.0 Å². The van der Waals surface area contributed by atoms with E-state index in [-0.39, 0.29) is 6.61 Å². The molecule has 0 radical (unpaired) electrons. The predicted molar refractivity (Wildman–Crippen MR) is 80.4 cm³/mol. The minimum absolute atomic E-state index is 0.144. The number of benzene rings is 1. The van der Waals surface area contributed by atoms with Crippen LogP contribution in [0.15, 0.2) is 18.2 Å². The lowest BCUT2D eigenvalue weighted by Crippen LogP contribution is -2.34. The van der Waals surface area contributed by atoms with Crippen LogP contribution in [-0.4, -0.2) is 41.6 Å². The Bertz CT molecular complexity index is 521. The molecule has 7 heteroatoms. The van der Waals surface area contributed by atoms with Crippen LogP contribution in [0.5, 0.6) is 5.75 Å². The fraction of sp³-hybridized carbons (Fsp3) is 0.600. The number of nitrogens with zero attached hydrogens (tertiary/aromatic N) is 1. The highest BCUT2D eigenvalue weighted by Gasteiger charge is 2.25. The highest BCUT2D eigenvalue weighted by atomic mass is 17.0. The average molecular weight is 310 g/mol. The first kappa shape index (κ1) is 16.5. The zero-order valence-electron chi connectivity index (χ0n) is 12.8. The first-order chi connectivity index (χ1) is 10.5. The van der Waals surface area contributed by atoms with Crippen molar-refractivity contribution in [3.8, 4) is 5.75 Å². The quantitative estimate of drug-likeness (QED) is 0.578. The summed E-state index contributed by atoms with van der Waals surface area (Å²) in [7, 11) is 0. The molecular formula is C15H22N2O5. The summed E-state index contributed by atoms with van der Waals surface area (Å²) < 4.78 is 5.63. The Labute approximate surface area is 129 Å². The zero-order valence-corrected chi connectivity index (χ0v) is 12.8. The van der Waals surface area contributed by atoms with Gasteiger partial charge in [0.05, 0.1) is 6.10 Å². The number of fused-ring (bicyclic) bond motifs is 1. The topological polar surface area (TPSA) is 93.9 Å². The van der Waals surface area contributed by atoms with Crippen molar-refractivity contribution >= 4 is 0 Å². The van der Waals surface area contributed by atoms with Crippen molar-refractivity contribution in [2.24, 2.45) is 0 Å². The molecule has 0 amide bonds. The largest absolute Gasteiger partial charge is 0.491 e. The van der Waals surface area contributed by atoms with E-state index < -0.39 is 17.3 Å². The van der Waals surface area contributed by atoms with E-state index >= 15 is 0 Å². The molecule has 1 aromatic carbocycles. The van der Waals surface area contributed by atoms with Crippen LogP contribution in [0.3, 0.4) is 0 Å². The third-order valence-corrected chi connectivity index (χ3v) is 3.49. The van der Waals surface area contributed by atoms with Crippen LogP contribution in [0, 0.1) is 10.1 Å². The summed E-state index contributed by atoms with van der Waals surface area (Å²) in [6, 6.07) is 5.96. The van der Waals surface area contributed by atoms with Crippen LogP contribution in [0.25, 0.3) is 0 Å². The van der Waals surface area contributed by atoms with Crippen molar-refractivity contribution < 1.29 is 19.8 Å². The average Bonchev–Trinajstić information content (AvgIpc) is 2.44. The van der Waals surface area contributed by atoms with Crippen molar-refractivity contribution in [1.29, 1.82) is 0 Å². The van der Waals surface area contributed by atoms with E-state index in [0.717, 1.165) is 11.1 Å². The van der Waals surface area contributed by atoms with Crippen LogP contribution >= 0.6 is 0 Å². The van der Waals surface area contributed by atoms with Gasteiger partial charge in [0, 0.05) is 25.4 Å². The molecule has 0 saturated carbocycles. The summed E-state index contributed by atoms with van der Waals surface area (Å²) in [6.07, 6.45) is -0.177. The molecule has 1 aliphatic rings. The molecule has 22 heavy (non-hydrogen) atoms. The number of aliphatic hydroxyl groups excluding tert-OH is 1. The number of aliphatic hydroxyl groups is 1. The van der Waals surface area contributed by atoms with Gasteiger partial charge in [0.1, 0.15) is 18.5 Å². The van der Waals surface area contributed by atoms with E-state index in [0.29, 0.717) is 31.2 Å². The lowest BCUT2D eigenvalue weighted by molar-refractivity contribution is -0.769. The zero-order chi connectivity index (χ0) is 16.1. The minimum Gasteiger partial charge on any atom is -0.491 e. The summed E-state index contributed by atoms with van der Waals surface area (Å²) in [5.41, 5.74) is 1.79. The molecule has 1 heterocycles. The van der Waals surface area contributed by atoms with Gasteiger partial charge >= 0.3 is 0 Å². The summed E-state index contributed by atoms with van der Waals surface area (Å²) in [6.45, 7) is 4.70. The van der Waals surface area contributed by atoms with Crippen molar-refractivity contribution in [1.82, 2.24) is 5.32 Å². The van der Waals surface area contributed by atoms with Gasteiger partial charge in [-0.05, 0) is 11.1 Å². The van der Waals surface area contributed by atoms with Gasteiger partial charge in [-0.1, -0.05) is 32.0 Å². The van der Waals surface area contributed by atoms with Crippen LogP contribution in [-0.2, 0) is 17.7 Å². The molecule has 0 fully saturated rings. The van der Waals surface area contributed by atoms with Gasteiger partial charge in [-0.3, -0.25) is 0 Å². The molecule has 122 valence electrons. The van der Waals surface area contributed by atoms with Crippen molar-refractivity contribution in [2.75, 3.05) is 13.2 Å². The van der Waals surface area contributed by atoms with Gasteiger partial charge in [0.2, 0.25) is 0 Å². The van der Waals surface area contributed by atoms with E-state index in [1.54, 1.807) is 0 Å². The highest BCUT2D eigenvalue weighted by molar-refractivity contribution is 5.43. The first-order valence-electron chi connectivity index (χ1n) is 7.42. The standard InChI is InChI=1S/C15H22N2O5/c1-10(2)16-8-13(18)6-11-4-3-5-12-7-14(22-17(19)20)9-21-15(11)12/h3-5,10,13-14,16,18H,6-9H2,1-2H3/t13-,14-/m0/s1. The Morgan fingerprint density at radius 1 is 1.55 bits per heavy atom. The fourth-order valence-corrected chi connectivity index (χ4v) is 2.51. The lowest BCUT2D eigenvalue weighted by atomic mass is 9.98. The monoisotopic (exact) mass is 310 g/mol. The summed E-state index contributed by atoms with van der Waals surface area (Å²) >= 11 is 0. The Hall–Kier alpha value is -1.86. The molecule has 1 aromatic rings. The maximum absolute atomic E-state index is 10.4. The third-order valence-electron chi connectivity index (χ3n) is 3.49. The number of nitrogens with one attached hydrogen (secondary N) is 1. The Morgan fingerprint density at radius 2 is 2.32 bits per heavy atom. The van der Waals surface area contributed by atoms with E-state index in [2.05, 4.69) is 10.2 Å². The molecule has 1 aliphatic heterocycles. The lowest BCUT2D eigenvalue weighted by Gasteiger charge is -2.26. The van der Waals surface area contributed by atoms with Gasteiger partial charge in [-0.2, -0.15) is 0 Å². The summed E-state index contributed by atoms with van der Waals surface area (Å²) in [4.78, 5) is 15.0. The summed E-state index contributed by atoms with van der Waals surface area (Å²) in [5, 5.41) is 22.9. The molecule has 0 bridgehead atoms. The third kappa shape index (κ3) is 4.57. The number of hydrogen-bond donors (Lipinski definition) is 2. The Morgan fingerprint density at radius 3 is 3.00 bits per heavy atom. The highest BCUT2D eigenvalue weighted by Crippen LogP contribution is 2.30. The van der Waals surface area contributed by atoms with Crippen molar-refractivity contribution in [2.45, 2.75) is 44.9 Å². The molecule has 2 atom stereocenters. The molecule has 0 aliphatic carbocycles. The molecule has 0 unspecified atom stereocenters. The van der Waals surface area contributed by atoms with Gasteiger partial charge in [0.25, 0.3) is 5.09 Å². The predicted octanol–water partition coefficient (Wildman–Crippen LogP) is 1.10. The van der Waals surface area contributed by atoms with E-state index in [1.165, 1.54) is 0 Å². The molecule has 0 aromatic heterocycles. The second-order valence-electron chi connectivity index (χ2n) is 5.79. The Balaban J connectivity index is 2.02. The number of rotatable bonds is 7. The van der Waals surface area contributed by atoms with Gasteiger partial charge in [-0.25, -0.2) is 0 Å². The molecule has 2 N–H and O–H groups in total. The molecule has 0 saturated heterocycles. The maximum Gasteiger partial charge on any atom is 0.294 e. The van der Waals surface area contributed by atoms with Crippen LogP contribution in [0.1, 0.15) is 25.0 Å². The smallest absolute Gasteiger partial charge is 0.294 e. The van der Waals surface area contributed by atoms with Gasteiger partial charge < -0.3 is 20.0 Å². The van der Waals surface area contributed by atoms with Gasteiger partial charge in [0.15, 0.2) is 0 Å². The van der Waals surface area contributed by atoms with Crippen molar-refractivity contribution in [3.63, 3.8) is 0 Å². The van der Waals surface area contributed by atoms with Gasteiger partial charge in [-0.15, -0.1) is 10.1 Å². The number of ether oxygens (including phenoxy) is 1. The van der Waals surface area contributed by atoms with Crippen LogP contribution in [0.4, 0.5) is 0 Å². The normalized spacial score (nSPS) is 18.5. The maximum atomic E-state index is 10.4. The van der Waals surface area contributed by atoms with Crippen LogP contribution in [0.2, 0.25) is 0 Å². The van der Waals surface area contributed by atoms with Crippen molar-refractivity contribution in [3.05, 3.63) is 39.4 Å². The Kier molecular flexibility index (Phi) is 5.57.